The van der Waals surface area contributed by atoms with Gasteiger partial charge < -0.3 is 21.3 Å². The van der Waals surface area contributed by atoms with E-state index in [-0.39, 0.29) is 24.2 Å². The topological polar surface area (TPSA) is 130 Å². The number of benzene rings is 1. The number of aliphatic carboxylic acids is 1. The molecule has 0 saturated carbocycles. The molecule has 0 aliphatic heterocycles. The molecule has 0 aromatic heterocycles. The fraction of sp³-hybridized carbons (Fsp3) is 0.308. The molecular formula is C13H16N2O5. The number of nitrogens with one attached hydrogen (secondary N) is 1. The van der Waals surface area contributed by atoms with Gasteiger partial charge in [-0.15, -0.1) is 0 Å². The predicted octanol–water partition coefficient (Wildman–Crippen LogP) is 0.149. The van der Waals surface area contributed by atoms with E-state index >= 15 is 0 Å². The second kappa shape index (κ2) is 6.55. The number of rotatable bonds is 6. The van der Waals surface area contributed by atoms with E-state index in [1.807, 2.05) is 0 Å². The third-order valence-corrected chi connectivity index (χ3v) is 2.77. The smallest absolute Gasteiger partial charge is 0.326 e. The first-order chi connectivity index (χ1) is 9.32. The molecule has 108 valence electrons. The van der Waals surface area contributed by atoms with Gasteiger partial charge in [0.15, 0.2) is 0 Å². The lowest BCUT2D eigenvalue weighted by molar-refractivity contribution is -0.139. The molecule has 0 heterocycles. The lowest BCUT2D eigenvalue weighted by Crippen LogP contribution is -2.41. The molecule has 7 nitrogen and oxygen atoms in total. The molecule has 1 rings (SSSR count). The summed E-state index contributed by atoms with van der Waals surface area (Å²) in [5.74, 6) is -2.84. The molecule has 0 spiro atoms. The number of aromatic hydroxyl groups is 1. The highest BCUT2D eigenvalue weighted by Crippen LogP contribution is 2.21. The average molecular weight is 280 g/mol. The Morgan fingerprint density at radius 1 is 1.35 bits per heavy atom. The van der Waals surface area contributed by atoms with Crippen LogP contribution in [0.3, 0.4) is 0 Å². The van der Waals surface area contributed by atoms with Crippen LogP contribution in [0.15, 0.2) is 18.2 Å². The minimum atomic E-state index is -1.27. The van der Waals surface area contributed by atoms with Crippen LogP contribution >= 0.6 is 0 Å². The van der Waals surface area contributed by atoms with Crippen LogP contribution in [0.25, 0.3) is 0 Å². The summed E-state index contributed by atoms with van der Waals surface area (Å²) in [4.78, 5) is 33.6. The molecule has 0 bridgehead atoms. The number of phenolic OH excluding ortho intramolecular Hbond substituents is 1. The quantitative estimate of drug-likeness (QED) is 0.589. The maximum absolute atomic E-state index is 11.9. The van der Waals surface area contributed by atoms with Crippen LogP contribution in [0.5, 0.6) is 5.75 Å². The van der Waals surface area contributed by atoms with Gasteiger partial charge in [-0.05, 0) is 25.0 Å². The minimum absolute atomic E-state index is 0.0182. The Labute approximate surface area is 115 Å². The second-order valence-corrected chi connectivity index (χ2v) is 4.34. The third kappa shape index (κ3) is 3.98. The lowest BCUT2D eigenvalue weighted by atomic mass is 10.1. The van der Waals surface area contributed by atoms with Gasteiger partial charge in [0.2, 0.25) is 5.91 Å². The van der Waals surface area contributed by atoms with Crippen LogP contribution in [0.4, 0.5) is 0 Å². The van der Waals surface area contributed by atoms with Crippen LogP contribution in [-0.2, 0) is 9.59 Å². The first-order valence-corrected chi connectivity index (χ1v) is 5.93. The summed E-state index contributed by atoms with van der Waals surface area (Å²) in [7, 11) is 0. The third-order valence-electron chi connectivity index (χ3n) is 2.77. The van der Waals surface area contributed by atoms with Crippen molar-refractivity contribution >= 4 is 17.8 Å². The van der Waals surface area contributed by atoms with Gasteiger partial charge in [0.25, 0.3) is 5.91 Å². The van der Waals surface area contributed by atoms with Gasteiger partial charge in [0.05, 0.1) is 5.56 Å². The maximum atomic E-state index is 11.9. The summed E-state index contributed by atoms with van der Waals surface area (Å²) in [5, 5.41) is 21.0. The van der Waals surface area contributed by atoms with Crippen LogP contribution in [-0.4, -0.2) is 34.0 Å². The van der Waals surface area contributed by atoms with Crippen LogP contribution in [0.1, 0.15) is 28.8 Å². The zero-order valence-electron chi connectivity index (χ0n) is 10.9. The monoisotopic (exact) mass is 280 g/mol. The van der Waals surface area contributed by atoms with Crippen molar-refractivity contribution in [3.63, 3.8) is 0 Å². The molecule has 1 aromatic rings. The number of amides is 2. The Morgan fingerprint density at radius 2 is 2.00 bits per heavy atom. The molecule has 0 aliphatic carbocycles. The van der Waals surface area contributed by atoms with Crippen molar-refractivity contribution in [2.75, 3.05) is 0 Å². The molecular weight excluding hydrogens is 264 g/mol. The highest BCUT2D eigenvalue weighted by atomic mass is 16.4. The number of aryl methyl sites for hydroxylation is 1. The number of carbonyl (C=O) groups is 3. The molecule has 1 aromatic carbocycles. The Hall–Kier alpha value is -2.57. The summed E-state index contributed by atoms with van der Waals surface area (Å²) in [6, 6.07) is 3.33. The van der Waals surface area contributed by atoms with Crippen molar-refractivity contribution in [3.8, 4) is 5.75 Å². The van der Waals surface area contributed by atoms with Crippen LogP contribution in [0, 0.1) is 6.92 Å². The molecule has 0 unspecified atom stereocenters. The fourth-order valence-corrected chi connectivity index (χ4v) is 1.62. The van der Waals surface area contributed by atoms with E-state index in [4.69, 9.17) is 10.8 Å². The predicted molar refractivity (Wildman–Crippen MR) is 70.2 cm³/mol. The number of phenols is 1. The van der Waals surface area contributed by atoms with Crippen molar-refractivity contribution < 1.29 is 24.6 Å². The first-order valence-electron chi connectivity index (χ1n) is 5.93. The maximum Gasteiger partial charge on any atom is 0.326 e. The van der Waals surface area contributed by atoms with Gasteiger partial charge in [-0.1, -0.05) is 12.1 Å². The van der Waals surface area contributed by atoms with Crippen molar-refractivity contribution in [1.82, 2.24) is 5.32 Å². The minimum Gasteiger partial charge on any atom is -0.507 e. The molecule has 5 N–H and O–H groups in total. The largest absolute Gasteiger partial charge is 0.507 e. The zero-order chi connectivity index (χ0) is 15.3. The van der Waals surface area contributed by atoms with E-state index in [1.165, 1.54) is 6.07 Å². The summed E-state index contributed by atoms with van der Waals surface area (Å²) in [6.45, 7) is 1.62. The Balaban J connectivity index is 2.83. The number of hydrogen-bond acceptors (Lipinski definition) is 4. The number of carboxylic acids is 1. The lowest BCUT2D eigenvalue weighted by Gasteiger charge is -2.14. The number of nitrogens with two attached hydrogens (primary N) is 1. The number of carboxylic acid groups (broad SMARTS) is 1. The van der Waals surface area contributed by atoms with Crippen LogP contribution < -0.4 is 11.1 Å². The molecule has 0 fully saturated rings. The second-order valence-electron chi connectivity index (χ2n) is 4.34. The summed E-state index contributed by atoms with van der Waals surface area (Å²) >= 11 is 0. The molecule has 0 saturated heterocycles. The molecule has 20 heavy (non-hydrogen) atoms. The SMILES string of the molecule is Cc1cccc(C(=O)N[C@H](CCC(N)=O)C(=O)O)c1O. The van der Waals surface area contributed by atoms with E-state index < -0.39 is 23.8 Å². The number of hydrogen-bond donors (Lipinski definition) is 4. The van der Waals surface area contributed by atoms with Gasteiger partial charge in [-0.3, -0.25) is 9.59 Å². The zero-order valence-corrected chi connectivity index (χ0v) is 10.9. The van der Waals surface area contributed by atoms with Gasteiger partial charge in [0, 0.05) is 6.42 Å². The molecule has 1 atom stereocenters. The average Bonchev–Trinajstić information content (AvgIpc) is 2.36. The van der Waals surface area contributed by atoms with Gasteiger partial charge >= 0.3 is 5.97 Å². The van der Waals surface area contributed by atoms with Crippen molar-refractivity contribution in [3.05, 3.63) is 29.3 Å². The van der Waals surface area contributed by atoms with E-state index in [1.54, 1.807) is 19.1 Å². The summed E-state index contributed by atoms with van der Waals surface area (Å²) < 4.78 is 0. The number of carbonyl (C=O) groups excluding carboxylic acids is 2. The Morgan fingerprint density at radius 3 is 2.55 bits per heavy atom. The van der Waals surface area contributed by atoms with E-state index in [0.29, 0.717) is 5.56 Å². The summed E-state index contributed by atoms with van der Waals surface area (Å²) in [6.07, 6.45) is -0.264. The molecule has 2 amide bonds. The van der Waals surface area contributed by atoms with Gasteiger partial charge in [-0.2, -0.15) is 0 Å². The first kappa shape index (κ1) is 15.5. The Kier molecular flexibility index (Phi) is 5.08. The molecule has 7 heteroatoms. The van der Waals surface area contributed by atoms with Crippen molar-refractivity contribution in [2.24, 2.45) is 5.73 Å². The van der Waals surface area contributed by atoms with Crippen LogP contribution in [0.2, 0.25) is 0 Å². The van der Waals surface area contributed by atoms with Crippen molar-refractivity contribution in [2.45, 2.75) is 25.8 Å². The number of primary amides is 1. The normalized spacial score (nSPS) is 11.7. The highest BCUT2D eigenvalue weighted by Gasteiger charge is 2.22. The fourth-order valence-electron chi connectivity index (χ4n) is 1.62. The molecule has 0 radical (unpaired) electrons. The van der Waals surface area contributed by atoms with Crippen molar-refractivity contribution in [1.29, 1.82) is 0 Å². The Bertz CT molecular complexity index is 542. The summed E-state index contributed by atoms with van der Waals surface area (Å²) in [5.41, 5.74) is 5.43. The van der Waals surface area contributed by atoms with E-state index in [0.717, 1.165) is 0 Å². The van der Waals surface area contributed by atoms with Gasteiger partial charge in [0.1, 0.15) is 11.8 Å². The van der Waals surface area contributed by atoms with Gasteiger partial charge in [-0.25, -0.2) is 4.79 Å². The van der Waals surface area contributed by atoms with E-state index in [9.17, 15) is 19.5 Å². The van der Waals surface area contributed by atoms with E-state index in [2.05, 4.69) is 5.32 Å². The highest BCUT2D eigenvalue weighted by molar-refractivity contribution is 5.99. The number of para-hydroxylation sites is 1. The molecule has 0 aliphatic rings. The standard InChI is InChI=1S/C13H16N2O5/c1-7-3-2-4-8(11(7)17)12(18)15-9(13(19)20)5-6-10(14)16/h2-4,9,17H,5-6H2,1H3,(H2,14,16)(H,15,18)(H,19,20)/t9-/m1/s1.